The number of likely N-dealkylation sites (tertiary alicyclic amines) is 1. The highest BCUT2D eigenvalue weighted by Gasteiger charge is 2.52. The average Bonchev–Trinajstić information content (AvgIpc) is 3.25. The Labute approximate surface area is 186 Å². The first-order chi connectivity index (χ1) is 15.2. The number of aliphatic imine (C=N–C) groups is 1. The molecule has 3 fully saturated rings. The summed E-state index contributed by atoms with van der Waals surface area (Å²) in [6.45, 7) is 8.67. The molecule has 4 unspecified atom stereocenters. The molecular formula is C25H37N5O. The van der Waals surface area contributed by atoms with E-state index in [0.29, 0.717) is 5.91 Å². The van der Waals surface area contributed by atoms with Gasteiger partial charge in [0.05, 0.1) is 6.04 Å². The fourth-order valence-corrected chi connectivity index (χ4v) is 6.21. The average molecular weight is 424 g/mol. The number of guanidine groups is 1. The minimum absolute atomic E-state index is 0.00937. The van der Waals surface area contributed by atoms with Gasteiger partial charge in [0.15, 0.2) is 5.96 Å². The van der Waals surface area contributed by atoms with Crippen molar-refractivity contribution in [2.24, 2.45) is 16.8 Å². The summed E-state index contributed by atoms with van der Waals surface area (Å²) < 4.78 is 0. The maximum absolute atomic E-state index is 12.7. The number of nitrogens with one attached hydrogen (secondary N) is 1. The molecule has 1 aromatic carbocycles. The van der Waals surface area contributed by atoms with E-state index in [1.165, 1.54) is 12.8 Å². The lowest BCUT2D eigenvalue weighted by Gasteiger charge is -2.39. The maximum atomic E-state index is 12.7. The van der Waals surface area contributed by atoms with Crippen molar-refractivity contribution in [1.82, 2.24) is 20.0 Å². The van der Waals surface area contributed by atoms with Crippen LogP contribution in [0.3, 0.4) is 0 Å². The summed E-state index contributed by atoms with van der Waals surface area (Å²) in [7, 11) is 1.89. The van der Waals surface area contributed by atoms with Gasteiger partial charge in [-0.05, 0) is 61.5 Å². The quantitative estimate of drug-likeness (QED) is 0.596. The number of hydrogen-bond donors (Lipinski definition) is 1. The second-order valence-corrected chi connectivity index (χ2v) is 9.75. The number of hydrogen-bond acceptors (Lipinski definition) is 3. The Morgan fingerprint density at radius 3 is 2.58 bits per heavy atom. The van der Waals surface area contributed by atoms with E-state index < -0.39 is 0 Å². The molecule has 1 aromatic rings. The number of benzene rings is 1. The van der Waals surface area contributed by atoms with Crippen LogP contribution in [-0.2, 0) is 11.2 Å². The van der Waals surface area contributed by atoms with E-state index in [1.807, 2.05) is 11.9 Å². The predicted octanol–water partition coefficient (Wildman–Crippen LogP) is 2.17. The topological polar surface area (TPSA) is 51.2 Å². The number of aryl methyl sites for hydroxylation is 1. The van der Waals surface area contributed by atoms with Crippen molar-refractivity contribution in [3.05, 3.63) is 35.4 Å². The van der Waals surface area contributed by atoms with E-state index in [-0.39, 0.29) is 6.04 Å². The minimum Gasteiger partial charge on any atom is -0.356 e. The Kier molecular flexibility index (Phi) is 5.91. The maximum Gasteiger partial charge on any atom is 0.239 e. The molecule has 1 N–H and O–H groups in total. The molecule has 1 amide bonds. The molecule has 2 aliphatic carbocycles. The van der Waals surface area contributed by atoms with Crippen molar-refractivity contribution in [1.29, 1.82) is 0 Å². The Bertz CT molecular complexity index is 825. The monoisotopic (exact) mass is 423 g/mol. The molecule has 31 heavy (non-hydrogen) atoms. The molecule has 2 aliphatic heterocycles. The van der Waals surface area contributed by atoms with Crippen LogP contribution >= 0.6 is 0 Å². The Morgan fingerprint density at radius 1 is 1.10 bits per heavy atom. The zero-order valence-electron chi connectivity index (χ0n) is 19.1. The number of piperazine rings is 1. The summed E-state index contributed by atoms with van der Waals surface area (Å²) in [4.78, 5) is 24.1. The molecular weight excluding hydrogens is 386 g/mol. The second kappa shape index (κ2) is 8.81. The van der Waals surface area contributed by atoms with Crippen LogP contribution in [0.1, 0.15) is 43.2 Å². The summed E-state index contributed by atoms with van der Waals surface area (Å²) in [6, 6.07) is 9.01. The number of rotatable bonds is 4. The Hall–Kier alpha value is -2.08. The van der Waals surface area contributed by atoms with Crippen molar-refractivity contribution in [2.75, 3.05) is 52.9 Å². The minimum atomic E-state index is -0.00937. The van der Waals surface area contributed by atoms with E-state index >= 15 is 0 Å². The van der Waals surface area contributed by atoms with E-state index in [1.54, 1.807) is 11.1 Å². The lowest BCUT2D eigenvalue weighted by atomic mass is 9.92. The third-order valence-corrected chi connectivity index (χ3v) is 8.14. The van der Waals surface area contributed by atoms with Gasteiger partial charge >= 0.3 is 0 Å². The van der Waals surface area contributed by atoms with Crippen molar-refractivity contribution in [2.45, 2.75) is 44.6 Å². The summed E-state index contributed by atoms with van der Waals surface area (Å²) in [5.41, 5.74) is 3.15. The lowest BCUT2D eigenvalue weighted by Crippen LogP contribution is -2.57. The number of fused-ring (bicyclic) bond motifs is 3. The molecule has 2 saturated heterocycles. The molecule has 5 rings (SSSR count). The molecule has 4 aliphatic rings. The number of carbonyl (C=O) groups excluding carboxylic acids is 1. The molecule has 2 heterocycles. The van der Waals surface area contributed by atoms with E-state index in [4.69, 9.17) is 0 Å². The number of carbonyl (C=O) groups is 1. The van der Waals surface area contributed by atoms with Gasteiger partial charge in [-0.2, -0.15) is 0 Å². The SMILES string of the molecule is CN=C(NCC1C2CCc3ccccc3C21)N1CCN(C(C)C(=O)N2CCCC2)CC1. The first-order valence-corrected chi connectivity index (χ1v) is 12.2. The third-order valence-electron chi connectivity index (χ3n) is 8.14. The Morgan fingerprint density at radius 2 is 1.84 bits per heavy atom. The lowest BCUT2D eigenvalue weighted by molar-refractivity contribution is -0.135. The van der Waals surface area contributed by atoms with Crippen molar-refractivity contribution < 1.29 is 4.79 Å². The number of amides is 1. The van der Waals surface area contributed by atoms with Crippen LogP contribution in [0.15, 0.2) is 29.3 Å². The molecule has 1 saturated carbocycles. The third kappa shape index (κ3) is 4.07. The van der Waals surface area contributed by atoms with Crippen LogP contribution in [-0.4, -0.2) is 85.5 Å². The van der Waals surface area contributed by atoms with Gasteiger partial charge in [-0.25, -0.2) is 0 Å². The van der Waals surface area contributed by atoms with Crippen LogP contribution in [0.4, 0.5) is 0 Å². The van der Waals surface area contributed by atoms with Crippen LogP contribution in [0.25, 0.3) is 0 Å². The van der Waals surface area contributed by atoms with E-state index in [2.05, 4.69) is 51.3 Å². The van der Waals surface area contributed by atoms with Crippen LogP contribution < -0.4 is 5.32 Å². The fourth-order valence-electron chi connectivity index (χ4n) is 6.21. The largest absolute Gasteiger partial charge is 0.356 e. The van der Waals surface area contributed by atoms with Crippen LogP contribution in [0.5, 0.6) is 0 Å². The molecule has 6 heteroatoms. The summed E-state index contributed by atoms with van der Waals surface area (Å²) in [6.07, 6.45) is 4.87. The molecule has 0 aromatic heterocycles. The second-order valence-electron chi connectivity index (χ2n) is 9.75. The van der Waals surface area contributed by atoms with Gasteiger partial charge in [-0.1, -0.05) is 24.3 Å². The molecule has 168 valence electrons. The summed E-state index contributed by atoms with van der Waals surface area (Å²) >= 11 is 0. The van der Waals surface area contributed by atoms with Crippen LogP contribution in [0.2, 0.25) is 0 Å². The normalized spacial score (nSPS) is 29.4. The van der Waals surface area contributed by atoms with Gasteiger partial charge in [-0.3, -0.25) is 14.7 Å². The fraction of sp³-hybridized carbons (Fsp3) is 0.680. The summed E-state index contributed by atoms with van der Waals surface area (Å²) in [5, 5.41) is 3.68. The zero-order valence-corrected chi connectivity index (χ0v) is 19.1. The van der Waals surface area contributed by atoms with E-state index in [9.17, 15) is 4.79 Å². The summed E-state index contributed by atoms with van der Waals surface area (Å²) in [5.74, 6) is 3.65. The highest BCUT2D eigenvalue weighted by Crippen LogP contribution is 2.59. The van der Waals surface area contributed by atoms with Gasteiger partial charge in [-0.15, -0.1) is 0 Å². The van der Waals surface area contributed by atoms with Gasteiger partial charge in [0.25, 0.3) is 0 Å². The van der Waals surface area contributed by atoms with Gasteiger partial charge in [0, 0.05) is 52.9 Å². The molecule has 0 radical (unpaired) electrons. The van der Waals surface area contributed by atoms with Gasteiger partial charge in [0.2, 0.25) is 5.91 Å². The van der Waals surface area contributed by atoms with Gasteiger partial charge in [0.1, 0.15) is 0 Å². The van der Waals surface area contributed by atoms with Crippen molar-refractivity contribution in [3.63, 3.8) is 0 Å². The molecule has 6 nitrogen and oxygen atoms in total. The molecule has 4 atom stereocenters. The highest BCUT2D eigenvalue weighted by molar-refractivity contribution is 5.82. The standard InChI is InChI=1S/C25H37N5O/c1-18(24(31)29-11-5-6-12-29)28-13-15-30(16-14-28)25(26-2)27-17-22-21-10-9-19-7-3-4-8-20(19)23(21)22/h3-4,7-8,18,21-23H,5-6,9-17H2,1-2H3,(H,26,27). The van der Waals surface area contributed by atoms with E-state index in [0.717, 1.165) is 82.4 Å². The van der Waals surface area contributed by atoms with Gasteiger partial charge < -0.3 is 15.1 Å². The van der Waals surface area contributed by atoms with Crippen LogP contribution in [0, 0.1) is 11.8 Å². The Balaban J connectivity index is 1.11. The molecule has 0 spiro atoms. The first kappa shape index (κ1) is 20.8. The zero-order chi connectivity index (χ0) is 21.4. The number of nitrogens with zero attached hydrogens (tertiary/aromatic N) is 4. The van der Waals surface area contributed by atoms with Crippen molar-refractivity contribution in [3.8, 4) is 0 Å². The predicted molar refractivity (Wildman–Crippen MR) is 124 cm³/mol. The highest BCUT2D eigenvalue weighted by atomic mass is 16.2. The smallest absolute Gasteiger partial charge is 0.239 e. The van der Waals surface area contributed by atoms with Crippen molar-refractivity contribution >= 4 is 11.9 Å². The first-order valence-electron chi connectivity index (χ1n) is 12.2. The molecule has 0 bridgehead atoms.